The van der Waals surface area contributed by atoms with Gasteiger partial charge in [-0.25, -0.2) is 0 Å². The van der Waals surface area contributed by atoms with Gasteiger partial charge in [0.25, 0.3) is 0 Å². The van der Waals surface area contributed by atoms with Crippen LogP contribution >= 0.6 is 0 Å². The molecule has 0 aliphatic carbocycles. The van der Waals surface area contributed by atoms with Crippen molar-refractivity contribution < 1.29 is 46.5 Å². The minimum atomic E-state index is -1.09. The number of hydrogen-bond donors (Lipinski definition) is 0. The maximum absolute atomic E-state index is 9.98. The molecular formula is C15H30CoN3O6. The summed E-state index contributed by atoms with van der Waals surface area (Å²) in [6, 6.07) is 0. The Morgan fingerprint density at radius 1 is 0.520 bits per heavy atom. The van der Waals surface area contributed by atoms with Crippen LogP contribution in [0.1, 0.15) is 41.5 Å². The molecule has 3 amide bonds. The number of carbonyl (C=O) groups is 3. The molecular weight excluding hydrogens is 377 g/mol. The van der Waals surface area contributed by atoms with Crippen molar-refractivity contribution in [3.8, 4) is 0 Å². The normalized spacial score (nSPS) is 8.40. The molecule has 9 nitrogen and oxygen atoms in total. The Morgan fingerprint density at radius 3 is 0.640 bits per heavy atom. The average Bonchev–Trinajstić information content (AvgIpc) is 2.51. The summed E-state index contributed by atoms with van der Waals surface area (Å²) in [5.41, 5.74) is 0. The molecule has 0 saturated carbocycles. The van der Waals surface area contributed by atoms with Crippen molar-refractivity contribution in [2.24, 2.45) is 0 Å². The van der Waals surface area contributed by atoms with Gasteiger partial charge in [-0.3, -0.25) is 0 Å². The van der Waals surface area contributed by atoms with Gasteiger partial charge in [-0.1, -0.05) is 0 Å². The van der Waals surface area contributed by atoms with Crippen LogP contribution in [0, 0.1) is 0 Å². The number of amides is 3. The predicted molar refractivity (Wildman–Crippen MR) is 85.0 cm³/mol. The molecule has 0 fully saturated rings. The van der Waals surface area contributed by atoms with E-state index in [1.165, 1.54) is 14.7 Å². The van der Waals surface area contributed by atoms with Crippen molar-refractivity contribution >= 4 is 18.3 Å². The summed E-state index contributed by atoms with van der Waals surface area (Å²) in [6.45, 7) is 13.7. The first-order valence-corrected chi connectivity index (χ1v) is 8.04. The molecule has 0 radical (unpaired) electrons. The van der Waals surface area contributed by atoms with E-state index in [2.05, 4.69) is 0 Å². The van der Waals surface area contributed by atoms with E-state index < -0.39 is 18.3 Å². The van der Waals surface area contributed by atoms with Gasteiger partial charge in [-0.2, -0.15) is 0 Å². The van der Waals surface area contributed by atoms with Crippen LogP contribution in [0.4, 0.5) is 14.4 Å². The summed E-state index contributed by atoms with van der Waals surface area (Å²) in [4.78, 5) is 33.6. The monoisotopic (exact) mass is 407 g/mol. The molecule has 0 spiro atoms. The van der Waals surface area contributed by atoms with E-state index in [-0.39, 0.29) is 16.8 Å². The SMILES string of the molecule is CCN(CC)C(=O)[O-].CCN(CC)C(=O)[O-].CCN(CC)C(=O)[O-].[Co+3]. The zero-order valence-electron chi connectivity index (χ0n) is 15.9. The van der Waals surface area contributed by atoms with Crippen molar-refractivity contribution in [2.45, 2.75) is 41.5 Å². The molecule has 0 saturated heterocycles. The fourth-order valence-corrected chi connectivity index (χ4v) is 1.45. The zero-order chi connectivity index (χ0) is 19.7. The van der Waals surface area contributed by atoms with E-state index in [0.29, 0.717) is 39.3 Å². The average molecular weight is 407 g/mol. The van der Waals surface area contributed by atoms with Crippen molar-refractivity contribution in [2.75, 3.05) is 39.3 Å². The number of hydrogen-bond acceptors (Lipinski definition) is 6. The molecule has 150 valence electrons. The summed E-state index contributed by atoms with van der Waals surface area (Å²) in [6.07, 6.45) is -3.26. The fraction of sp³-hybridized carbons (Fsp3) is 0.800. The molecule has 0 unspecified atom stereocenters. The van der Waals surface area contributed by atoms with Crippen molar-refractivity contribution in [1.29, 1.82) is 0 Å². The van der Waals surface area contributed by atoms with Gasteiger partial charge >= 0.3 is 16.8 Å². The molecule has 0 bridgehead atoms. The first-order valence-electron chi connectivity index (χ1n) is 8.04. The van der Waals surface area contributed by atoms with Crippen molar-refractivity contribution in [3.05, 3.63) is 0 Å². The minimum absolute atomic E-state index is 0. The summed E-state index contributed by atoms with van der Waals surface area (Å²) in [5, 5.41) is 29.9. The van der Waals surface area contributed by atoms with E-state index in [1.807, 2.05) is 0 Å². The molecule has 0 heterocycles. The van der Waals surface area contributed by atoms with Gasteiger partial charge in [0.05, 0.1) is 0 Å². The first kappa shape index (κ1) is 31.1. The minimum Gasteiger partial charge on any atom is -0.530 e. The van der Waals surface area contributed by atoms with Crippen LogP contribution in [-0.4, -0.2) is 72.2 Å². The largest absolute Gasteiger partial charge is 3.00 e. The second-order valence-corrected chi connectivity index (χ2v) is 4.31. The van der Waals surface area contributed by atoms with Crippen LogP contribution in [0.2, 0.25) is 0 Å². The Morgan fingerprint density at radius 2 is 0.640 bits per heavy atom. The van der Waals surface area contributed by atoms with Gasteiger partial charge < -0.3 is 44.4 Å². The number of carboxylic acid groups (broad SMARTS) is 3. The molecule has 0 atom stereocenters. The van der Waals surface area contributed by atoms with Crippen LogP contribution in [-0.2, 0) is 16.8 Å². The molecule has 0 aliphatic heterocycles. The third-order valence-corrected chi connectivity index (χ3v) is 3.06. The number of rotatable bonds is 6. The van der Waals surface area contributed by atoms with Gasteiger partial charge in [0.15, 0.2) is 0 Å². The maximum atomic E-state index is 9.98. The summed E-state index contributed by atoms with van der Waals surface area (Å²) < 4.78 is 0. The molecule has 0 aromatic heterocycles. The standard InChI is InChI=1S/3C5H11NO2.Co/c3*1-3-6(4-2)5(7)8;/h3*3-4H2,1-2H3,(H,7,8);/q;;;+3/p-3. The van der Waals surface area contributed by atoms with Crippen LogP contribution in [0.5, 0.6) is 0 Å². The van der Waals surface area contributed by atoms with E-state index in [9.17, 15) is 29.7 Å². The number of nitrogens with zero attached hydrogens (tertiary/aromatic N) is 3. The second-order valence-electron chi connectivity index (χ2n) is 4.31. The van der Waals surface area contributed by atoms with E-state index in [1.54, 1.807) is 41.5 Å². The third kappa shape index (κ3) is 18.5. The van der Waals surface area contributed by atoms with Gasteiger partial charge in [-0.15, -0.1) is 0 Å². The molecule has 25 heavy (non-hydrogen) atoms. The molecule has 0 aliphatic rings. The summed E-state index contributed by atoms with van der Waals surface area (Å²) in [7, 11) is 0. The van der Waals surface area contributed by atoms with Crippen LogP contribution < -0.4 is 15.3 Å². The van der Waals surface area contributed by atoms with Crippen LogP contribution in [0.15, 0.2) is 0 Å². The Labute approximate surface area is 160 Å². The van der Waals surface area contributed by atoms with Crippen molar-refractivity contribution in [1.82, 2.24) is 14.7 Å². The van der Waals surface area contributed by atoms with Crippen LogP contribution in [0.25, 0.3) is 0 Å². The van der Waals surface area contributed by atoms with Gasteiger partial charge in [0.2, 0.25) is 0 Å². The molecule has 0 aromatic rings. The summed E-state index contributed by atoms with van der Waals surface area (Å²) in [5.74, 6) is 0. The number of carbonyl (C=O) groups excluding carboxylic acids is 3. The second kappa shape index (κ2) is 20.4. The molecule has 0 rings (SSSR count). The van der Waals surface area contributed by atoms with Gasteiger partial charge in [0, 0.05) is 39.3 Å². The van der Waals surface area contributed by atoms with E-state index in [0.717, 1.165) is 0 Å². The molecule has 0 aromatic carbocycles. The van der Waals surface area contributed by atoms with E-state index >= 15 is 0 Å². The smallest absolute Gasteiger partial charge is 0.530 e. The quantitative estimate of drug-likeness (QED) is 0.556. The summed E-state index contributed by atoms with van der Waals surface area (Å²) >= 11 is 0. The molecule has 0 N–H and O–H groups in total. The van der Waals surface area contributed by atoms with Crippen LogP contribution in [0.3, 0.4) is 0 Å². The molecule has 10 heteroatoms. The third-order valence-electron chi connectivity index (χ3n) is 3.06. The Kier molecular flexibility index (Phi) is 25.3. The van der Waals surface area contributed by atoms with Gasteiger partial charge in [0.1, 0.15) is 18.3 Å². The Bertz CT molecular complexity index is 294. The van der Waals surface area contributed by atoms with Gasteiger partial charge in [-0.05, 0) is 41.5 Å². The first-order chi connectivity index (χ1) is 11.2. The Hall–Kier alpha value is -1.68. The topological polar surface area (TPSA) is 130 Å². The zero-order valence-corrected chi connectivity index (χ0v) is 16.9. The maximum Gasteiger partial charge on any atom is 3.00 e. The van der Waals surface area contributed by atoms with Crippen molar-refractivity contribution in [3.63, 3.8) is 0 Å². The Balaban J connectivity index is -0.000000130. The van der Waals surface area contributed by atoms with E-state index in [4.69, 9.17) is 0 Å². The predicted octanol–water partition coefficient (Wildman–Crippen LogP) is -0.988. The fourth-order valence-electron chi connectivity index (χ4n) is 1.45.